The summed E-state index contributed by atoms with van der Waals surface area (Å²) in [4.78, 5) is 30.4. The van der Waals surface area contributed by atoms with Gasteiger partial charge < -0.3 is 5.32 Å². The highest BCUT2D eigenvalue weighted by Gasteiger charge is 2.31. The highest BCUT2D eigenvalue weighted by Crippen LogP contribution is 2.27. The van der Waals surface area contributed by atoms with Crippen LogP contribution in [0.15, 0.2) is 77.4 Å². The third-order valence-electron chi connectivity index (χ3n) is 5.46. The number of aliphatic imine (C=N–C) groups is 1. The molecular weight excluding hydrogens is 348 g/mol. The molecule has 0 unspecified atom stereocenters. The van der Waals surface area contributed by atoms with Crippen LogP contribution in [0.1, 0.15) is 52.8 Å². The highest BCUT2D eigenvalue weighted by atomic mass is 16.1. The standard InChI is InChI=1S/C24H24N2O2/c27-23(17-9-3-1-4-10-17)15-21-22(16-24(28)18-11-5-2-6-12-18)26-20-14-8-7-13-19(20)25-21/h1-6,9-12,15,19-20,25H,7-8,13-14,16H2/b21-15-/t19-,20-/m1/s1. The van der Waals surface area contributed by atoms with Gasteiger partial charge in [0.1, 0.15) is 0 Å². The van der Waals surface area contributed by atoms with Gasteiger partial charge >= 0.3 is 0 Å². The van der Waals surface area contributed by atoms with Crippen molar-refractivity contribution in [3.8, 4) is 0 Å². The summed E-state index contributed by atoms with van der Waals surface area (Å²) in [6, 6.07) is 18.9. The average molecular weight is 372 g/mol. The second-order valence-electron chi connectivity index (χ2n) is 7.43. The molecule has 4 nitrogen and oxygen atoms in total. The van der Waals surface area contributed by atoms with Gasteiger partial charge in [-0.25, -0.2) is 0 Å². The van der Waals surface area contributed by atoms with Gasteiger partial charge in [-0.15, -0.1) is 0 Å². The summed E-state index contributed by atoms with van der Waals surface area (Å²) in [7, 11) is 0. The number of allylic oxidation sites excluding steroid dienone is 2. The first-order valence-electron chi connectivity index (χ1n) is 9.93. The van der Waals surface area contributed by atoms with Gasteiger partial charge in [0.15, 0.2) is 11.6 Å². The largest absolute Gasteiger partial charge is 0.379 e. The Hall–Kier alpha value is -3.01. The van der Waals surface area contributed by atoms with Crippen molar-refractivity contribution in [3.05, 3.63) is 83.6 Å². The third-order valence-corrected chi connectivity index (χ3v) is 5.46. The summed E-state index contributed by atoms with van der Waals surface area (Å²) in [5, 5.41) is 3.52. The molecule has 2 aliphatic rings. The van der Waals surface area contributed by atoms with Crippen LogP contribution in [0.25, 0.3) is 0 Å². The molecule has 4 rings (SSSR count). The minimum Gasteiger partial charge on any atom is -0.379 e. The SMILES string of the molecule is O=C(/C=C1\N[C@@H]2CCCC[C@H]2N=C1CC(=O)c1ccccc1)c1ccccc1. The first-order chi connectivity index (χ1) is 13.7. The van der Waals surface area contributed by atoms with Crippen molar-refractivity contribution in [2.24, 2.45) is 4.99 Å². The second-order valence-corrected chi connectivity index (χ2v) is 7.43. The number of nitrogens with zero attached hydrogens (tertiary/aromatic N) is 1. The fraction of sp³-hybridized carbons (Fsp3) is 0.292. The van der Waals surface area contributed by atoms with E-state index >= 15 is 0 Å². The number of ketones is 2. The highest BCUT2D eigenvalue weighted by molar-refractivity contribution is 6.18. The number of rotatable bonds is 5. The third kappa shape index (κ3) is 4.11. The van der Waals surface area contributed by atoms with Crippen molar-refractivity contribution < 1.29 is 9.59 Å². The van der Waals surface area contributed by atoms with E-state index in [2.05, 4.69) is 5.32 Å². The van der Waals surface area contributed by atoms with Gasteiger partial charge in [-0.3, -0.25) is 14.6 Å². The summed E-state index contributed by atoms with van der Waals surface area (Å²) >= 11 is 0. The zero-order valence-electron chi connectivity index (χ0n) is 15.8. The molecule has 142 valence electrons. The maximum atomic E-state index is 12.8. The maximum absolute atomic E-state index is 12.8. The molecule has 0 aromatic heterocycles. The molecule has 1 saturated carbocycles. The van der Waals surface area contributed by atoms with Gasteiger partial charge in [0.2, 0.25) is 0 Å². The van der Waals surface area contributed by atoms with Crippen LogP contribution in [-0.4, -0.2) is 29.4 Å². The Morgan fingerprint density at radius 3 is 2.29 bits per heavy atom. The number of fused-ring (bicyclic) bond motifs is 1. The van der Waals surface area contributed by atoms with E-state index in [1.165, 1.54) is 6.42 Å². The number of benzene rings is 2. The maximum Gasteiger partial charge on any atom is 0.187 e. The van der Waals surface area contributed by atoms with Crippen molar-refractivity contribution in [1.29, 1.82) is 0 Å². The van der Waals surface area contributed by atoms with Crippen molar-refractivity contribution in [2.75, 3.05) is 0 Å². The van der Waals surface area contributed by atoms with Crippen LogP contribution >= 0.6 is 0 Å². The lowest BCUT2D eigenvalue weighted by Gasteiger charge is -2.36. The van der Waals surface area contributed by atoms with Crippen molar-refractivity contribution in [3.63, 3.8) is 0 Å². The minimum atomic E-state index is -0.0720. The lowest BCUT2D eigenvalue weighted by atomic mass is 9.87. The number of hydrogen-bond donors (Lipinski definition) is 1. The molecule has 2 atom stereocenters. The van der Waals surface area contributed by atoms with E-state index in [1.54, 1.807) is 18.2 Å². The fourth-order valence-electron chi connectivity index (χ4n) is 3.95. The Balaban J connectivity index is 1.63. The molecule has 1 aliphatic carbocycles. The Morgan fingerprint density at radius 2 is 1.57 bits per heavy atom. The van der Waals surface area contributed by atoms with Gasteiger partial charge in [-0.05, 0) is 12.8 Å². The van der Waals surface area contributed by atoms with Gasteiger partial charge in [0.25, 0.3) is 0 Å². The number of Topliss-reactive ketones (excluding diaryl/α,β-unsaturated/α-hetero) is 1. The molecule has 0 amide bonds. The van der Waals surface area contributed by atoms with Crippen LogP contribution in [0.4, 0.5) is 0 Å². The first-order valence-corrected chi connectivity index (χ1v) is 9.93. The van der Waals surface area contributed by atoms with Crippen LogP contribution < -0.4 is 5.32 Å². The van der Waals surface area contributed by atoms with Gasteiger partial charge in [-0.1, -0.05) is 73.5 Å². The van der Waals surface area contributed by atoms with E-state index in [4.69, 9.17) is 4.99 Å². The summed E-state index contributed by atoms with van der Waals surface area (Å²) in [5.41, 5.74) is 2.70. The summed E-state index contributed by atoms with van der Waals surface area (Å²) in [5.74, 6) is -0.0503. The molecular formula is C24H24N2O2. The molecule has 0 bridgehead atoms. The second kappa shape index (κ2) is 8.34. The lowest BCUT2D eigenvalue weighted by molar-refractivity contribution is 0.0997. The monoisotopic (exact) mass is 372 g/mol. The Kier molecular flexibility index (Phi) is 5.47. The Bertz CT molecular complexity index is 916. The van der Waals surface area contributed by atoms with Crippen LogP contribution in [-0.2, 0) is 0 Å². The quantitative estimate of drug-likeness (QED) is 0.626. The van der Waals surface area contributed by atoms with E-state index in [9.17, 15) is 9.59 Å². The summed E-state index contributed by atoms with van der Waals surface area (Å²) in [6.45, 7) is 0. The predicted molar refractivity (Wildman–Crippen MR) is 111 cm³/mol. The van der Waals surface area contributed by atoms with Crippen LogP contribution in [0.2, 0.25) is 0 Å². The summed E-state index contributed by atoms with van der Waals surface area (Å²) in [6.07, 6.45) is 6.22. The molecule has 0 spiro atoms. The van der Waals surface area contributed by atoms with Gasteiger partial charge in [-0.2, -0.15) is 0 Å². The zero-order chi connectivity index (χ0) is 19.3. The number of hydrogen-bond acceptors (Lipinski definition) is 4. The Morgan fingerprint density at radius 1 is 0.929 bits per heavy atom. The van der Waals surface area contributed by atoms with E-state index in [0.717, 1.165) is 19.3 Å². The number of carbonyl (C=O) groups excluding carboxylic acids is 2. The number of carbonyl (C=O) groups is 2. The van der Waals surface area contributed by atoms with Crippen molar-refractivity contribution in [2.45, 2.75) is 44.2 Å². The molecule has 2 aromatic rings. The normalized spacial score (nSPS) is 22.7. The molecule has 1 heterocycles. The van der Waals surface area contributed by atoms with E-state index in [0.29, 0.717) is 22.5 Å². The molecule has 2 aromatic carbocycles. The molecule has 0 saturated heterocycles. The molecule has 1 fully saturated rings. The van der Waals surface area contributed by atoms with Crippen molar-refractivity contribution >= 4 is 17.3 Å². The fourth-order valence-corrected chi connectivity index (χ4v) is 3.95. The van der Waals surface area contributed by atoms with Gasteiger partial charge in [0.05, 0.1) is 23.9 Å². The summed E-state index contributed by atoms with van der Waals surface area (Å²) < 4.78 is 0. The lowest BCUT2D eigenvalue weighted by Crippen LogP contribution is -2.47. The van der Waals surface area contributed by atoms with Crippen LogP contribution in [0, 0.1) is 0 Å². The molecule has 1 N–H and O–H groups in total. The average Bonchev–Trinajstić information content (AvgIpc) is 2.75. The molecule has 28 heavy (non-hydrogen) atoms. The van der Waals surface area contributed by atoms with Gasteiger partial charge in [0, 0.05) is 23.2 Å². The van der Waals surface area contributed by atoms with E-state index < -0.39 is 0 Å². The topological polar surface area (TPSA) is 58.5 Å². The minimum absolute atomic E-state index is 0.0217. The number of nitrogens with one attached hydrogen (secondary N) is 1. The van der Waals surface area contributed by atoms with E-state index in [-0.39, 0.29) is 30.1 Å². The smallest absolute Gasteiger partial charge is 0.187 e. The molecule has 4 heteroatoms. The Labute approximate surface area is 165 Å². The molecule has 0 radical (unpaired) electrons. The zero-order valence-corrected chi connectivity index (χ0v) is 15.8. The first kappa shape index (κ1) is 18.4. The van der Waals surface area contributed by atoms with Crippen LogP contribution in [0.5, 0.6) is 0 Å². The van der Waals surface area contributed by atoms with E-state index in [1.807, 2.05) is 48.5 Å². The van der Waals surface area contributed by atoms with Crippen LogP contribution in [0.3, 0.4) is 0 Å². The van der Waals surface area contributed by atoms with Crippen molar-refractivity contribution in [1.82, 2.24) is 5.32 Å². The predicted octanol–water partition coefficient (Wildman–Crippen LogP) is 4.38. The molecule has 1 aliphatic heterocycles.